The summed E-state index contributed by atoms with van der Waals surface area (Å²) in [4.78, 5) is 10.6. The van der Waals surface area contributed by atoms with Crippen molar-refractivity contribution in [2.45, 2.75) is 32.3 Å². The van der Waals surface area contributed by atoms with Gasteiger partial charge >= 0.3 is 5.97 Å². The monoisotopic (exact) mass is 206 g/mol. The molecule has 0 bridgehead atoms. The van der Waals surface area contributed by atoms with Crippen LogP contribution in [-0.4, -0.2) is 17.2 Å². The third-order valence-corrected chi connectivity index (χ3v) is 2.64. The lowest BCUT2D eigenvalue weighted by Crippen LogP contribution is -2.19. The number of benzene rings is 1. The molecule has 1 aliphatic heterocycles. The zero-order valence-electron chi connectivity index (χ0n) is 8.69. The largest absolute Gasteiger partial charge is 0.490 e. The Morgan fingerprint density at radius 1 is 1.60 bits per heavy atom. The Morgan fingerprint density at radius 2 is 2.40 bits per heavy atom. The number of carbonyl (C=O) groups is 1. The van der Waals surface area contributed by atoms with Gasteiger partial charge in [-0.15, -0.1) is 0 Å². The second-order valence-electron chi connectivity index (χ2n) is 3.98. The third kappa shape index (κ3) is 2.29. The van der Waals surface area contributed by atoms with Crippen LogP contribution in [0.4, 0.5) is 0 Å². The van der Waals surface area contributed by atoms with E-state index in [1.807, 2.05) is 25.1 Å². The van der Waals surface area contributed by atoms with Crippen molar-refractivity contribution in [1.29, 1.82) is 0 Å². The number of carboxylic acid groups (broad SMARTS) is 1. The fraction of sp³-hybridized carbons (Fsp3) is 0.417. The SMILES string of the molecule is CC1CCc2ccc(CC(=O)O)cc2O1. The first-order valence-electron chi connectivity index (χ1n) is 5.15. The highest BCUT2D eigenvalue weighted by atomic mass is 16.5. The Balaban J connectivity index is 2.24. The topological polar surface area (TPSA) is 46.5 Å². The fourth-order valence-electron chi connectivity index (χ4n) is 1.83. The standard InChI is InChI=1S/C12H14O3/c1-8-2-4-10-5-3-9(7-12(13)14)6-11(10)15-8/h3,5-6,8H,2,4,7H2,1H3,(H,13,14). The molecule has 0 saturated heterocycles. The number of aryl methyl sites for hydroxylation is 1. The highest BCUT2D eigenvalue weighted by Gasteiger charge is 2.16. The average Bonchev–Trinajstić information content (AvgIpc) is 2.16. The van der Waals surface area contributed by atoms with E-state index in [4.69, 9.17) is 9.84 Å². The van der Waals surface area contributed by atoms with Crippen molar-refractivity contribution >= 4 is 5.97 Å². The lowest BCUT2D eigenvalue weighted by molar-refractivity contribution is -0.136. The molecule has 15 heavy (non-hydrogen) atoms. The molecule has 1 aromatic rings. The van der Waals surface area contributed by atoms with Crippen molar-refractivity contribution in [1.82, 2.24) is 0 Å². The van der Waals surface area contributed by atoms with Gasteiger partial charge < -0.3 is 9.84 Å². The molecular formula is C12H14O3. The van der Waals surface area contributed by atoms with Gasteiger partial charge in [0.2, 0.25) is 0 Å². The minimum Gasteiger partial charge on any atom is -0.490 e. The highest BCUT2D eigenvalue weighted by molar-refractivity contribution is 5.70. The van der Waals surface area contributed by atoms with Crippen LogP contribution in [0.2, 0.25) is 0 Å². The minimum atomic E-state index is -0.807. The molecule has 0 aliphatic carbocycles. The van der Waals surface area contributed by atoms with Crippen molar-refractivity contribution in [3.8, 4) is 5.75 Å². The van der Waals surface area contributed by atoms with Crippen LogP contribution in [0.5, 0.6) is 5.75 Å². The second-order valence-corrected chi connectivity index (χ2v) is 3.98. The summed E-state index contributed by atoms with van der Waals surface area (Å²) < 4.78 is 5.66. The maximum atomic E-state index is 10.6. The Kier molecular flexibility index (Phi) is 2.62. The summed E-state index contributed by atoms with van der Waals surface area (Å²) in [5, 5.41) is 8.68. The van der Waals surface area contributed by atoms with Crippen LogP contribution >= 0.6 is 0 Å². The quantitative estimate of drug-likeness (QED) is 0.805. The Bertz CT molecular complexity index is 384. The van der Waals surface area contributed by atoms with Crippen LogP contribution in [0.1, 0.15) is 24.5 Å². The lowest BCUT2D eigenvalue weighted by atomic mass is 10.0. The summed E-state index contributed by atoms with van der Waals surface area (Å²) in [5.41, 5.74) is 1.98. The predicted octanol–water partition coefficient (Wildman–Crippen LogP) is 2.03. The van der Waals surface area contributed by atoms with Gasteiger partial charge in [0.1, 0.15) is 5.75 Å². The molecule has 3 heteroatoms. The summed E-state index contributed by atoms with van der Waals surface area (Å²) in [6.07, 6.45) is 2.35. The molecule has 2 rings (SSSR count). The number of aliphatic carboxylic acids is 1. The maximum absolute atomic E-state index is 10.6. The van der Waals surface area contributed by atoms with Crippen molar-refractivity contribution in [2.24, 2.45) is 0 Å². The molecule has 1 aromatic carbocycles. The number of fused-ring (bicyclic) bond motifs is 1. The van der Waals surface area contributed by atoms with E-state index >= 15 is 0 Å². The molecule has 1 N–H and O–H groups in total. The zero-order chi connectivity index (χ0) is 10.8. The first-order valence-corrected chi connectivity index (χ1v) is 5.15. The molecule has 3 nitrogen and oxygen atoms in total. The van der Waals surface area contributed by atoms with Crippen molar-refractivity contribution in [2.75, 3.05) is 0 Å². The van der Waals surface area contributed by atoms with Crippen LogP contribution < -0.4 is 4.74 Å². The summed E-state index contributed by atoms with van der Waals surface area (Å²) in [6, 6.07) is 5.69. The smallest absolute Gasteiger partial charge is 0.307 e. The van der Waals surface area contributed by atoms with E-state index < -0.39 is 5.97 Å². The van der Waals surface area contributed by atoms with Crippen LogP contribution in [0.15, 0.2) is 18.2 Å². The van der Waals surface area contributed by atoms with Gasteiger partial charge in [-0.25, -0.2) is 0 Å². The van der Waals surface area contributed by atoms with Gasteiger partial charge in [0, 0.05) is 0 Å². The molecule has 1 heterocycles. The molecule has 1 atom stereocenters. The van der Waals surface area contributed by atoms with Gasteiger partial charge in [0.25, 0.3) is 0 Å². The van der Waals surface area contributed by atoms with E-state index in [1.165, 1.54) is 5.56 Å². The average molecular weight is 206 g/mol. The Labute approximate surface area is 88.7 Å². The fourth-order valence-corrected chi connectivity index (χ4v) is 1.83. The number of carboxylic acids is 1. The highest BCUT2D eigenvalue weighted by Crippen LogP contribution is 2.28. The molecule has 0 radical (unpaired) electrons. The van der Waals surface area contributed by atoms with E-state index in [-0.39, 0.29) is 12.5 Å². The zero-order valence-corrected chi connectivity index (χ0v) is 8.69. The second kappa shape index (κ2) is 3.93. The van der Waals surface area contributed by atoms with Crippen LogP contribution in [0, 0.1) is 0 Å². The molecule has 0 fully saturated rings. The number of hydrogen-bond acceptors (Lipinski definition) is 2. The number of ether oxygens (including phenoxy) is 1. The maximum Gasteiger partial charge on any atom is 0.307 e. The van der Waals surface area contributed by atoms with E-state index in [9.17, 15) is 4.79 Å². The Morgan fingerprint density at radius 3 is 3.13 bits per heavy atom. The third-order valence-electron chi connectivity index (χ3n) is 2.64. The molecular weight excluding hydrogens is 192 g/mol. The van der Waals surface area contributed by atoms with Gasteiger partial charge in [0.15, 0.2) is 0 Å². The molecule has 0 spiro atoms. The number of hydrogen-bond donors (Lipinski definition) is 1. The Hall–Kier alpha value is -1.51. The molecule has 80 valence electrons. The van der Waals surface area contributed by atoms with Gasteiger partial charge in [-0.1, -0.05) is 12.1 Å². The summed E-state index contributed by atoms with van der Waals surface area (Å²) in [7, 11) is 0. The van der Waals surface area contributed by atoms with E-state index in [0.29, 0.717) is 0 Å². The van der Waals surface area contributed by atoms with Crippen molar-refractivity contribution in [3.05, 3.63) is 29.3 Å². The first kappa shape index (κ1) is 10.0. The normalized spacial score (nSPS) is 19.1. The van der Waals surface area contributed by atoms with Gasteiger partial charge in [-0.3, -0.25) is 4.79 Å². The summed E-state index contributed by atoms with van der Waals surface area (Å²) in [5.74, 6) is 0.0475. The van der Waals surface area contributed by atoms with Crippen molar-refractivity contribution < 1.29 is 14.6 Å². The van der Waals surface area contributed by atoms with Crippen LogP contribution in [0.25, 0.3) is 0 Å². The van der Waals surface area contributed by atoms with E-state index in [2.05, 4.69) is 0 Å². The predicted molar refractivity (Wildman–Crippen MR) is 56.2 cm³/mol. The number of rotatable bonds is 2. The lowest BCUT2D eigenvalue weighted by Gasteiger charge is -2.23. The molecule has 1 unspecified atom stereocenters. The summed E-state index contributed by atoms with van der Waals surface area (Å²) in [6.45, 7) is 2.03. The molecule has 1 aliphatic rings. The van der Waals surface area contributed by atoms with E-state index in [0.717, 1.165) is 24.2 Å². The van der Waals surface area contributed by atoms with Gasteiger partial charge in [0.05, 0.1) is 12.5 Å². The molecule has 0 amide bonds. The van der Waals surface area contributed by atoms with Crippen molar-refractivity contribution in [3.63, 3.8) is 0 Å². The van der Waals surface area contributed by atoms with E-state index in [1.54, 1.807) is 0 Å². The first-order chi connectivity index (χ1) is 7.15. The molecule has 0 aromatic heterocycles. The van der Waals surface area contributed by atoms with Gasteiger partial charge in [-0.2, -0.15) is 0 Å². The van der Waals surface area contributed by atoms with Crippen LogP contribution in [-0.2, 0) is 17.6 Å². The summed E-state index contributed by atoms with van der Waals surface area (Å²) >= 11 is 0. The van der Waals surface area contributed by atoms with Crippen LogP contribution in [0.3, 0.4) is 0 Å². The minimum absolute atomic E-state index is 0.0605. The van der Waals surface area contributed by atoms with Gasteiger partial charge in [-0.05, 0) is 37.0 Å². The molecule has 0 saturated carbocycles.